The van der Waals surface area contributed by atoms with Crippen LogP contribution in [-0.4, -0.2) is 0 Å². The largest absolute Gasteiger partial charge is 0.440 e. The summed E-state index contributed by atoms with van der Waals surface area (Å²) in [6, 6.07) is 14.5. The Balaban J connectivity index is 1.82. The maximum absolute atomic E-state index is 13.4. The van der Waals surface area contributed by atoms with Gasteiger partial charge in [-0.05, 0) is 71.9 Å². The molecule has 0 saturated heterocycles. The number of hydrogen-bond donors (Lipinski definition) is 1. The summed E-state index contributed by atoms with van der Waals surface area (Å²) in [6.07, 6.45) is 4.41. The van der Waals surface area contributed by atoms with Gasteiger partial charge in [0.25, 0.3) is 0 Å². The molecule has 1 heterocycles. The molecule has 0 fully saturated rings. The van der Waals surface area contributed by atoms with E-state index in [2.05, 4.69) is 6.07 Å². The fourth-order valence-corrected chi connectivity index (χ4v) is 3.83. The number of halogens is 2. The maximum atomic E-state index is 13.4. The van der Waals surface area contributed by atoms with Gasteiger partial charge in [0.05, 0.1) is 0 Å². The Bertz CT molecular complexity index is 1040. The third-order valence-electron chi connectivity index (χ3n) is 5.12. The van der Waals surface area contributed by atoms with E-state index < -0.39 is 0 Å². The number of ether oxygens (including phenoxy) is 1. The first-order valence-electron chi connectivity index (χ1n) is 9.09. The lowest BCUT2D eigenvalue weighted by atomic mass is 9.77. The van der Waals surface area contributed by atoms with Crippen LogP contribution < -0.4 is 5.73 Å². The summed E-state index contributed by atoms with van der Waals surface area (Å²) in [5.74, 6) is -0.238. The van der Waals surface area contributed by atoms with Gasteiger partial charge in [-0.2, -0.15) is 5.26 Å². The zero-order valence-electron chi connectivity index (χ0n) is 15.1. The maximum Gasteiger partial charge on any atom is 0.205 e. The summed E-state index contributed by atoms with van der Waals surface area (Å²) >= 11 is 0. The fraction of sp³-hybridized carbons (Fsp3) is 0.174. The Kier molecular flexibility index (Phi) is 4.70. The molecule has 2 aliphatic rings. The minimum Gasteiger partial charge on any atom is -0.440 e. The summed E-state index contributed by atoms with van der Waals surface area (Å²) in [6.45, 7) is 0. The van der Waals surface area contributed by atoms with E-state index in [4.69, 9.17) is 10.5 Å². The van der Waals surface area contributed by atoms with Gasteiger partial charge in [0, 0.05) is 5.92 Å². The summed E-state index contributed by atoms with van der Waals surface area (Å²) in [5.41, 5.74) is 10.0. The van der Waals surface area contributed by atoms with Crippen molar-refractivity contribution in [3.8, 4) is 6.07 Å². The third-order valence-corrected chi connectivity index (χ3v) is 5.12. The second kappa shape index (κ2) is 7.32. The molecule has 0 spiro atoms. The SMILES string of the molecule is N#CC1=C(N)OC2=C(CCC/C2=C\c2ccc(F)cc2)[C@@H]1c1ccc(F)cc1. The van der Waals surface area contributed by atoms with Crippen molar-refractivity contribution < 1.29 is 13.5 Å². The minimum atomic E-state index is -0.355. The lowest BCUT2D eigenvalue weighted by Crippen LogP contribution is -2.23. The van der Waals surface area contributed by atoms with Crippen LogP contribution in [0.4, 0.5) is 8.78 Å². The Labute approximate surface area is 162 Å². The predicted molar refractivity (Wildman–Crippen MR) is 102 cm³/mol. The van der Waals surface area contributed by atoms with Gasteiger partial charge in [0.1, 0.15) is 29.0 Å². The van der Waals surface area contributed by atoms with Gasteiger partial charge in [-0.25, -0.2) is 8.78 Å². The van der Waals surface area contributed by atoms with Crippen molar-refractivity contribution in [3.63, 3.8) is 0 Å². The first-order chi connectivity index (χ1) is 13.6. The molecular formula is C23H18F2N2O. The Morgan fingerprint density at radius 3 is 2.29 bits per heavy atom. The predicted octanol–water partition coefficient (Wildman–Crippen LogP) is 5.29. The highest BCUT2D eigenvalue weighted by atomic mass is 19.1. The number of rotatable bonds is 2. The lowest BCUT2D eigenvalue weighted by molar-refractivity contribution is 0.277. The number of nitriles is 1. The molecule has 1 aliphatic carbocycles. The van der Waals surface area contributed by atoms with Gasteiger partial charge >= 0.3 is 0 Å². The van der Waals surface area contributed by atoms with Crippen LogP contribution >= 0.6 is 0 Å². The quantitative estimate of drug-likeness (QED) is 0.774. The molecule has 2 N–H and O–H groups in total. The molecule has 0 radical (unpaired) electrons. The average molecular weight is 376 g/mol. The van der Waals surface area contributed by atoms with Crippen LogP contribution in [0, 0.1) is 23.0 Å². The molecule has 0 amide bonds. The number of benzene rings is 2. The molecule has 4 rings (SSSR count). The molecule has 140 valence electrons. The highest BCUT2D eigenvalue weighted by Gasteiger charge is 2.35. The number of nitrogens with two attached hydrogens (primary N) is 1. The highest BCUT2D eigenvalue weighted by Crippen LogP contribution is 2.46. The first-order valence-corrected chi connectivity index (χ1v) is 9.09. The lowest BCUT2D eigenvalue weighted by Gasteiger charge is -2.33. The van der Waals surface area contributed by atoms with E-state index >= 15 is 0 Å². The van der Waals surface area contributed by atoms with E-state index in [9.17, 15) is 14.0 Å². The molecular weight excluding hydrogens is 358 g/mol. The standard InChI is InChI=1S/C23H18F2N2O/c24-17-8-4-14(5-9-17)12-16-2-1-3-19-21(15-6-10-18(25)11-7-15)20(13-26)23(27)28-22(16)19/h4-12,21H,1-3,27H2/b16-12+/t21-/m0/s1. The zero-order valence-corrected chi connectivity index (χ0v) is 15.1. The van der Waals surface area contributed by atoms with Crippen molar-refractivity contribution >= 4 is 6.08 Å². The summed E-state index contributed by atoms with van der Waals surface area (Å²) in [5, 5.41) is 9.65. The van der Waals surface area contributed by atoms with E-state index in [1.807, 2.05) is 6.08 Å². The molecule has 0 saturated carbocycles. The Morgan fingerprint density at radius 1 is 1.00 bits per heavy atom. The third kappa shape index (κ3) is 3.29. The normalized spacial score (nSPS) is 20.6. The van der Waals surface area contributed by atoms with E-state index in [1.54, 1.807) is 24.3 Å². The van der Waals surface area contributed by atoms with Crippen molar-refractivity contribution in [2.45, 2.75) is 25.2 Å². The van der Waals surface area contributed by atoms with Crippen LogP contribution in [0.15, 0.2) is 76.9 Å². The average Bonchev–Trinajstić information content (AvgIpc) is 2.70. The second-order valence-corrected chi connectivity index (χ2v) is 6.91. The summed E-state index contributed by atoms with van der Waals surface area (Å²) in [4.78, 5) is 0. The molecule has 2 aromatic carbocycles. The van der Waals surface area contributed by atoms with Crippen molar-refractivity contribution in [2.24, 2.45) is 5.73 Å². The van der Waals surface area contributed by atoms with Crippen LogP contribution in [0.25, 0.3) is 6.08 Å². The van der Waals surface area contributed by atoms with Crippen molar-refractivity contribution in [1.82, 2.24) is 0 Å². The molecule has 2 aromatic rings. The van der Waals surface area contributed by atoms with E-state index in [-0.39, 0.29) is 23.4 Å². The van der Waals surface area contributed by atoms with E-state index in [0.29, 0.717) is 11.3 Å². The van der Waals surface area contributed by atoms with Gasteiger partial charge in [0.2, 0.25) is 5.88 Å². The molecule has 0 bridgehead atoms. The van der Waals surface area contributed by atoms with Crippen molar-refractivity contribution in [3.05, 3.63) is 99.7 Å². The fourth-order valence-electron chi connectivity index (χ4n) is 3.83. The van der Waals surface area contributed by atoms with Gasteiger partial charge < -0.3 is 10.5 Å². The second-order valence-electron chi connectivity index (χ2n) is 6.91. The molecule has 1 aliphatic heterocycles. The van der Waals surface area contributed by atoms with Gasteiger partial charge in [0.15, 0.2) is 0 Å². The topological polar surface area (TPSA) is 59.0 Å². The first kappa shape index (κ1) is 18.0. The molecule has 1 atom stereocenters. The monoisotopic (exact) mass is 376 g/mol. The minimum absolute atomic E-state index is 0.0717. The van der Waals surface area contributed by atoms with Crippen LogP contribution in [-0.2, 0) is 4.74 Å². The number of nitrogens with zero attached hydrogens (tertiary/aromatic N) is 1. The van der Waals surface area contributed by atoms with Crippen LogP contribution in [0.5, 0.6) is 0 Å². The molecule has 28 heavy (non-hydrogen) atoms. The van der Waals surface area contributed by atoms with Crippen LogP contribution in [0.1, 0.15) is 36.3 Å². The van der Waals surface area contributed by atoms with Gasteiger partial charge in [-0.15, -0.1) is 0 Å². The highest BCUT2D eigenvalue weighted by molar-refractivity contribution is 5.62. The smallest absolute Gasteiger partial charge is 0.205 e. The van der Waals surface area contributed by atoms with E-state index in [0.717, 1.165) is 41.5 Å². The molecule has 3 nitrogen and oxygen atoms in total. The molecule has 0 unspecified atom stereocenters. The summed E-state index contributed by atoms with van der Waals surface area (Å²) in [7, 11) is 0. The van der Waals surface area contributed by atoms with Gasteiger partial charge in [-0.1, -0.05) is 24.3 Å². The molecule has 0 aromatic heterocycles. The zero-order chi connectivity index (χ0) is 19.7. The van der Waals surface area contributed by atoms with Crippen LogP contribution in [0.2, 0.25) is 0 Å². The Hall–Kier alpha value is -3.39. The van der Waals surface area contributed by atoms with Gasteiger partial charge in [-0.3, -0.25) is 0 Å². The van der Waals surface area contributed by atoms with E-state index in [1.165, 1.54) is 24.3 Å². The van der Waals surface area contributed by atoms with Crippen molar-refractivity contribution in [1.29, 1.82) is 5.26 Å². The Morgan fingerprint density at radius 2 is 1.64 bits per heavy atom. The number of hydrogen-bond acceptors (Lipinski definition) is 3. The van der Waals surface area contributed by atoms with Crippen LogP contribution in [0.3, 0.4) is 0 Å². The number of allylic oxidation sites excluding steroid dienone is 3. The summed E-state index contributed by atoms with van der Waals surface area (Å²) < 4.78 is 32.5. The molecule has 5 heteroatoms. The van der Waals surface area contributed by atoms with Crippen molar-refractivity contribution in [2.75, 3.05) is 0 Å².